The van der Waals surface area contributed by atoms with Crippen LogP contribution in [0.3, 0.4) is 0 Å². The Hall–Kier alpha value is -1.49. The summed E-state index contributed by atoms with van der Waals surface area (Å²) in [5.74, 6) is -2.59. The highest BCUT2D eigenvalue weighted by Crippen LogP contribution is 2.23. The predicted molar refractivity (Wildman–Crippen MR) is 53.5 cm³/mol. The Bertz CT molecular complexity index is 356. The lowest BCUT2D eigenvalue weighted by Gasteiger charge is -2.11. The van der Waals surface area contributed by atoms with Crippen molar-refractivity contribution in [3.8, 4) is 5.75 Å². The van der Waals surface area contributed by atoms with Gasteiger partial charge in [0.05, 0.1) is 6.61 Å². The fourth-order valence-corrected chi connectivity index (χ4v) is 1.06. The summed E-state index contributed by atoms with van der Waals surface area (Å²) in [6, 6.07) is 1.80. The van der Waals surface area contributed by atoms with E-state index in [-0.39, 0.29) is 24.7 Å². The number of aliphatic hydroxyl groups is 1. The van der Waals surface area contributed by atoms with Crippen LogP contribution in [0.2, 0.25) is 0 Å². The van der Waals surface area contributed by atoms with Crippen LogP contribution in [0.4, 0.5) is 8.78 Å². The van der Waals surface area contributed by atoms with Gasteiger partial charge in [0.1, 0.15) is 6.29 Å². The van der Waals surface area contributed by atoms with Crippen molar-refractivity contribution in [1.82, 2.24) is 0 Å². The van der Waals surface area contributed by atoms with Crippen LogP contribution in [-0.4, -0.2) is 24.6 Å². The molecule has 0 bridgehead atoms. The summed E-state index contributed by atoms with van der Waals surface area (Å²) in [6.45, 7) is 1.55. The monoisotopic (exact) mass is 230 g/mol. The molecule has 0 amide bonds. The summed E-state index contributed by atoms with van der Waals surface area (Å²) >= 11 is 0. The van der Waals surface area contributed by atoms with Crippen molar-refractivity contribution in [2.75, 3.05) is 13.2 Å². The average Bonchev–Trinajstić information content (AvgIpc) is 2.27. The van der Waals surface area contributed by atoms with Gasteiger partial charge in [-0.05, 0) is 12.1 Å². The van der Waals surface area contributed by atoms with Crippen LogP contribution in [0.1, 0.15) is 17.3 Å². The third kappa shape index (κ3) is 3.00. The van der Waals surface area contributed by atoms with Crippen molar-refractivity contribution in [3.63, 3.8) is 0 Å². The van der Waals surface area contributed by atoms with Crippen LogP contribution in [0.5, 0.6) is 5.75 Å². The van der Waals surface area contributed by atoms with E-state index >= 15 is 0 Å². The van der Waals surface area contributed by atoms with E-state index in [9.17, 15) is 13.6 Å². The lowest BCUT2D eigenvalue weighted by atomic mass is 10.2. The van der Waals surface area contributed by atoms with E-state index in [1.54, 1.807) is 6.92 Å². The largest absolute Gasteiger partial charge is 0.487 e. The molecule has 0 saturated carbocycles. The molecule has 16 heavy (non-hydrogen) atoms. The van der Waals surface area contributed by atoms with Crippen molar-refractivity contribution in [2.24, 2.45) is 5.92 Å². The second kappa shape index (κ2) is 5.55. The van der Waals surface area contributed by atoms with E-state index in [0.717, 1.165) is 12.1 Å². The van der Waals surface area contributed by atoms with Gasteiger partial charge in [0.25, 0.3) is 0 Å². The van der Waals surface area contributed by atoms with Crippen molar-refractivity contribution in [1.29, 1.82) is 0 Å². The topological polar surface area (TPSA) is 46.5 Å². The first-order valence-electron chi connectivity index (χ1n) is 4.76. The zero-order valence-electron chi connectivity index (χ0n) is 8.74. The molecule has 88 valence electrons. The molecule has 0 aromatic heterocycles. The molecule has 0 heterocycles. The molecular weight excluding hydrogens is 218 g/mol. The Balaban J connectivity index is 2.84. The van der Waals surface area contributed by atoms with E-state index < -0.39 is 17.4 Å². The third-order valence-corrected chi connectivity index (χ3v) is 1.98. The van der Waals surface area contributed by atoms with E-state index in [2.05, 4.69) is 0 Å². The average molecular weight is 230 g/mol. The maximum atomic E-state index is 13.3. The van der Waals surface area contributed by atoms with Crippen LogP contribution in [-0.2, 0) is 0 Å². The quantitative estimate of drug-likeness (QED) is 0.784. The van der Waals surface area contributed by atoms with Crippen LogP contribution in [0, 0.1) is 17.6 Å². The zero-order chi connectivity index (χ0) is 12.1. The fraction of sp³-hybridized carbons (Fsp3) is 0.364. The number of rotatable bonds is 5. The first-order valence-corrected chi connectivity index (χ1v) is 4.76. The second-order valence-corrected chi connectivity index (χ2v) is 3.53. The molecule has 5 heteroatoms. The molecule has 1 atom stereocenters. The number of halogens is 2. The van der Waals surface area contributed by atoms with Gasteiger partial charge in [-0.1, -0.05) is 6.92 Å². The molecule has 1 unspecified atom stereocenters. The summed E-state index contributed by atoms with van der Waals surface area (Å²) in [5, 5.41) is 8.72. The highest BCUT2D eigenvalue weighted by Gasteiger charge is 2.13. The predicted octanol–water partition coefficient (Wildman–Crippen LogP) is 1.78. The standard InChI is InChI=1S/C11H12F2O3/c1-7(4-14)6-16-11-9(12)2-8(5-15)3-10(11)13/h2-3,5,7,14H,4,6H2,1H3. The molecule has 0 radical (unpaired) electrons. The Kier molecular flexibility index (Phi) is 4.37. The van der Waals surface area contributed by atoms with Gasteiger partial charge in [-0.15, -0.1) is 0 Å². The molecule has 1 aromatic carbocycles. The molecule has 0 fully saturated rings. The fourth-order valence-electron chi connectivity index (χ4n) is 1.06. The Morgan fingerprint density at radius 3 is 2.44 bits per heavy atom. The van der Waals surface area contributed by atoms with Crippen molar-refractivity contribution in [2.45, 2.75) is 6.92 Å². The molecule has 0 aliphatic heterocycles. The van der Waals surface area contributed by atoms with Crippen LogP contribution in [0.15, 0.2) is 12.1 Å². The van der Waals surface area contributed by atoms with Gasteiger partial charge < -0.3 is 9.84 Å². The molecule has 1 aromatic rings. The molecule has 0 saturated heterocycles. The third-order valence-electron chi connectivity index (χ3n) is 1.98. The van der Waals surface area contributed by atoms with Crippen molar-refractivity contribution < 1.29 is 23.4 Å². The number of hydrogen-bond donors (Lipinski definition) is 1. The van der Waals surface area contributed by atoms with E-state index in [4.69, 9.17) is 9.84 Å². The smallest absolute Gasteiger partial charge is 0.190 e. The maximum Gasteiger partial charge on any atom is 0.190 e. The van der Waals surface area contributed by atoms with Crippen LogP contribution >= 0.6 is 0 Å². The number of benzene rings is 1. The number of aldehydes is 1. The normalized spacial score (nSPS) is 12.2. The Morgan fingerprint density at radius 1 is 1.44 bits per heavy atom. The van der Waals surface area contributed by atoms with Gasteiger partial charge in [-0.3, -0.25) is 4.79 Å². The number of ether oxygens (including phenoxy) is 1. The molecular formula is C11H12F2O3. The number of hydrogen-bond acceptors (Lipinski definition) is 3. The summed E-state index contributed by atoms with van der Waals surface area (Å²) < 4.78 is 31.4. The van der Waals surface area contributed by atoms with Gasteiger partial charge in [-0.25, -0.2) is 8.78 Å². The Morgan fingerprint density at radius 2 is 2.00 bits per heavy atom. The highest BCUT2D eigenvalue weighted by molar-refractivity contribution is 5.75. The number of carbonyl (C=O) groups excluding carboxylic acids is 1. The summed E-state index contributed by atoms with van der Waals surface area (Å²) in [5.41, 5.74) is -0.0856. The van der Waals surface area contributed by atoms with Crippen molar-refractivity contribution in [3.05, 3.63) is 29.3 Å². The molecule has 0 aliphatic carbocycles. The molecule has 0 aliphatic rings. The first kappa shape index (κ1) is 12.6. The van der Waals surface area contributed by atoms with Crippen LogP contribution in [0.25, 0.3) is 0 Å². The minimum Gasteiger partial charge on any atom is -0.487 e. The van der Waals surface area contributed by atoms with Gasteiger partial charge in [0.15, 0.2) is 17.4 Å². The molecule has 1 N–H and O–H groups in total. The van der Waals surface area contributed by atoms with E-state index in [1.807, 2.05) is 0 Å². The van der Waals surface area contributed by atoms with Crippen LogP contribution < -0.4 is 4.74 Å². The number of aliphatic hydroxyl groups excluding tert-OH is 1. The highest BCUT2D eigenvalue weighted by atomic mass is 19.1. The number of carbonyl (C=O) groups is 1. The Labute approximate surface area is 91.7 Å². The molecule has 3 nitrogen and oxygen atoms in total. The summed E-state index contributed by atoms with van der Waals surface area (Å²) in [6.07, 6.45) is 0.353. The van der Waals surface area contributed by atoms with Gasteiger partial charge in [0, 0.05) is 18.1 Å². The van der Waals surface area contributed by atoms with Gasteiger partial charge in [0.2, 0.25) is 0 Å². The van der Waals surface area contributed by atoms with Gasteiger partial charge in [-0.2, -0.15) is 0 Å². The van der Waals surface area contributed by atoms with E-state index in [1.165, 1.54) is 0 Å². The van der Waals surface area contributed by atoms with E-state index in [0.29, 0.717) is 6.29 Å². The minimum absolute atomic E-state index is 0.00474. The van der Waals surface area contributed by atoms with Gasteiger partial charge >= 0.3 is 0 Å². The lowest BCUT2D eigenvalue weighted by Crippen LogP contribution is -2.13. The minimum atomic E-state index is -0.924. The summed E-state index contributed by atoms with van der Waals surface area (Å²) in [4.78, 5) is 10.3. The molecule has 1 rings (SSSR count). The maximum absolute atomic E-state index is 13.3. The summed E-state index contributed by atoms with van der Waals surface area (Å²) in [7, 11) is 0. The SMILES string of the molecule is CC(CO)COc1c(F)cc(C=O)cc1F. The second-order valence-electron chi connectivity index (χ2n) is 3.53. The first-order chi connectivity index (χ1) is 7.58. The molecule has 0 spiro atoms. The lowest BCUT2D eigenvalue weighted by molar-refractivity contribution is 0.112. The van der Waals surface area contributed by atoms with Crippen molar-refractivity contribution >= 4 is 6.29 Å². The zero-order valence-corrected chi connectivity index (χ0v) is 8.74.